The first-order valence-corrected chi connectivity index (χ1v) is 25.7. The summed E-state index contributed by atoms with van der Waals surface area (Å²) in [4.78, 5) is 11.5. The molecule has 12 saturated carbocycles. The van der Waals surface area contributed by atoms with E-state index in [2.05, 4.69) is 18.0 Å². The summed E-state index contributed by atoms with van der Waals surface area (Å²) in [5, 5.41) is 0. The predicted octanol–water partition coefficient (Wildman–Crippen LogP) is 14.4. The van der Waals surface area contributed by atoms with Crippen LogP contribution in [0.25, 0.3) is 0 Å². The molecular formula is C47H67F11O5S. The van der Waals surface area contributed by atoms with Gasteiger partial charge in [-0.25, -0.2) is 4.18 Å². The molecule has 12 aliphatic carbocycles. The lowest BCUT2D eigenvalue weighted by atomic mass is 9.37. The molecule has 0 radical (unpaired) electrons. The number of halogens is 11. The second-order valence-electron chi connectivity index (χ2n) is 22.8. The summed E-state index contributed by atoms with van der Waals surface area (Å²) in [6, 6.07) is 0. The first-order valence-electron chi connectivity index (χ1n) is 24.3. The fourth-order valence-electron chi connectivity index (χ4n) is 16.3. The number of alkyl halides is 11. The van der Waals surface area contributed by atoms with Crippen LogP contribution in [-0.4, -0.2) is 54.8 Å². The van der Waals surface area contributed by atoms with Gasteiger partial charge in [0, 0.05) is 17.8 Å². The Morgan fingerprint density at radius 1 is 0.500 bits per heavy atom. The van der Waals surface area contributed by atoms with Crippen LogP contribution in [0, 0.1) is 57.2 Å². The van der Waals surface area contributed by atoms with E-state index in [9.17, 15) is 26.4 Å². The van der Waals surface area contributed by atoms with Crippen molar-refractivity contribution in [2.24, 2.45) is 57.2 Å². The third kappa shape index (κ3) is 6.90. The van der Waals surface area contributed by atoms with Crippen molar-refractivity contribution in [3.8, 4) is 0 Å². The third-order valence-electron chi connectivity index (χ3n) is 20.4. The van der Waals surface area contributed by atoms with E-state index >= 15 is 35.1 Å². The molecule has 0 aromatic heterocycles. The van der Waals surface area contributed by atoms with Crippen molar-refractivity contribution in [2.45, 2.75) is 228 Å². The molecule has 0 aromatic rings. The number of carbonyl (C=O) groups is 1. The Morgan fingerprint density at radius 3 is 1.36 bits per heavy atom. The maximum atomic E-state index is 15.8. The number of rotatable bonds is 7. The molecule has 0 aliphatic heterocycles. The van der Waals surface area contributed by atoms with E-state index in [1.807, 2.05) is 0 Å². The molecule has 0 N–H and O–H groups in total. The normalized spacial score (nSPS) is 46.7. The maximum absolute atomic E-state index is 15.8. The van der Waals surface area contributed by atoms with Crippen LogP contribution in [0.2, 0.25) is 0 Å². The van der Waals surface area contributed by atoms with Crippen LogP contribution in [0.4, 0.5) is 48.3 Å². The van der Waals surface area contributed by atoms with Gasteiger partial charge >= 0.3 is 45.3 Å². The standard InChI is InChI=1S/C25H36F4O2.C22H31F7O3S/c1-17-3-5-19(6-4-17)20-7-10-21(11-8-20,12-9-20)22-13-15-23(16-14-22,31-18(2)30)25(28,29)24(22,26)27;1-14-2-4-15(5-3-14)16-6-8-17(9-7-16)18-10-12-19(13-11-18,21(25,26)20(18,23)24)32-33(30,31)22(27,28)29/h17,19H,3-16H2,1-2H3;14-17H,2-13H2,1H3. The summed E-state index contributed by atoms with van der Waals surface area (Å²) >= 11 is 0. The van der Waals surface area contributed by atoms with Crippen molar-refractivity contribution >= 4 is 16.1 Å². The molecule has 0 atom stereocenters. The average Bonchev–Trinajstić information content (AvgIpc) is 3.23. The molecule has 0 aromatic carbocycles. The van der Waals surface area contributed by atoms with E-state index in [0.717, 1.165) is 57.8 Å². The van der Waals surface area contributed by atoms with E-state index in [4.69, 9.17) is 4.74 Å². The van der Waals surface area contributed by atoms with Crippen molar-refractivity contribution in [1.29, 1.82) is 0 Å². The van der Waals surface area contributed by atoms with Gasteiger partial charge in [0.1, 0.15) is 0 Å². The van der Waals surface area contributed by atoms with Crippen LogP contribution >= 0.6 is 0 Å². The van der Waals surface area contributed by atoms with Gasteiger partial charge in [-0.2, -0.15) is 56.7 Å². The van der Waals surface area contributed by atoms with Gasteiger partial charge in [-0.15, -0.1) is 0 Å². The molecular weight excluding hydrogens is 886 g/mol. The van der Waals surface area contributed by atoms with Crippen molar-refractivity contribution in [2.75, 3.05) is 0 Å². The van der Waals surface area contributed by atoms with Gasteiger partial charge in [0.15, 0.2) is 11.2 Å². The SMILES string of the molecule is CC(=O)OC12CCC(C34CCC(C5CCC(C)CC5)(CC3)CC4)(CC1)C(F)(F)C2(F)F.CC1CCC(C2CCC(C34CCC(OS(=O)(=O)C(F)(F)F)(CC3)C(F)(F)C4(F)F)CC2)CC1. The molecule has 0 heterocycles. The van der Waals surface area contributed by atoms with Crippen LogP contribution in [0.5, 0.6) is 0 Å². The Labute approximate surface area is 371 Å². The van der Waals surface area contributed by atoms with Crippen LogP contribution in [0.3, 0.4) is 0 Å². The lowest BCUT2D eigenvalue weighted by Crippen LogP contribution is -2.77. The molecule has 12 aliphatic rings. The van der Waals surface area contributed by atoms with Gasteiger partial charge in [0.05, 0.1) is 0 Å². The van der Waals surface area contributed by atoms with Crippen molar-refractivity contribution in [3.63, 3.8) is 0 Å². The van der Waals surface area contributed by atoms with Crippen LogP contribution in [0.1, 0.15) is 188 Å². The molecule has 0 saturated heterocycles. The number of esters is 1. The summed E-state index contributed by atoms with van der Waals surface area (Å²) in [5.41, 5.74) is -15.8. The summed E-state index contributed by atoms with van der Waals surface area (Å²) in [7, 11) is -6.45. The fraction of sp³-hybridized carbons (Fsp3) is 0.979. The first kappa shape index (κ1) is 49.0. The fourth-order valence-corrected chi connectivity index (χ4v) is 17.1. The molecule has 64 heavy (non-hydrogen) atoms. The van der Waals surface area contributed by atoms with E-state index in [1.54, 1.807) is 0 Å². The Bertz CT molecular complexity index is 1820. The lowest BCUT2D eigenvalue weighted by molar-refractivity contribution is -0.409. The van der Waals surface area contributed by atoms with E-state index in [0.29, 0.717) is 68.6 Å². The van der Waals surface area contributed by atoms with E-state index in [-0.39, 0.29) is 31.1 Å². The van der Waals surface area contributed by atoms with Crippen molar-refractivity contribution in [1.82, 2.24) is 0 Å². The van der Waals surface area contributed by atoms with Gasteiger partial charge < -0.3 is 4.74 Å². The second-order valence-corrected chi connectivity index (χ2v) is 24.4. The van der Waals surface area contributed by atoms with E-state index < -0.39 is 104 Å². The van der Waals surface area contributed by atoms with Crippen molar-refractivity contribution in [3.05, 3.63) is 0 Å². The van der Waals surface area contributed by atoms with Gasteiger partial charge in [0.2, 0.25) is 0 Å². The summed E-state index contributed by atoms with van der Waals surface area (Å²) in [6.07, 6.45) is 13.5. The molecule has 0 spiro atoms. The Hall–Kier alpha value is -1.39. The molecule has 12 fully saturated rings. The zero-order valence-corrected chi connectivity index (χ0v) is 38.3. The van der Waals surface area contributed by atoms with Crippen LogP contribution < -0.4 is 0 Å². The highest BCUT2D eigenvalue weighted by atomic mass is 32.2. The smallest absolute Gasteiger partial charge is 0.453 e. The topological polar surface area (TPSA) is 69.7 Å². The minimum Gasteiger partial charge on any atom is -0.453 e. The predicted molar refractivity (Wildman–Crippen MR) is 215 cm³/mol. The Balaban J connectivity index is 0.000000175. The largest absolute Gasteiger partial charge is 0.523 e. The maximum Gasteiger partial charge on any atom is 0.523 e. The summed E-state index contributed by atoms with van der Waals surface area (Å²) in [5.74, 6) is -16.6. The van der Waals surface area contributed by atoms with Gasteiger partial charge in [0.25, 0.3) is 0 Å². The summed E-state index contributed by atoms with van der Waals surface area (Å²) < 4.78 is 194. The van der Waals surface area contributed by atoms with Crippen LogP contribution in [0.15, 0.2) is 0 Å². The molecule has 12 rings (SSSR count). The quantitative estimate of drug-likeness (QED) is 0.110. The Kier molecular flexibility index (Phi) is 12.1. The molecule has 5 nitrogen and oxygen atoms in total. The molecule has 0 amide bonds. The number of ether oxygens (including phenoxy) is 1. The van der Waals surface area contributed by atoms with Crippen LogP contribution in [-0.2, 0) is 23.8 Å². The minimum atomic E-state index is -6.45. The molecule has 6 bridgehead atoms. The lowest BCUT2D eigenvalue weighted by Gasteiger charge is -2.70. The molecule has 17 heteroatoms. The van der Waals surface area contributed by atoms with Gasteiger partial charge in [-0.3, -0.25) is 4.79 Å². The first-order chi connectivity index (χ1) is 29.5. The summed E-state index contributed by atoms with van der Waals surface area (Å²) in [6.45, 7) is 5.56. The number of hydrogen-bond donors (Lipinski definition) is 0. The second kappa shape index (κ2) is 15.8. The number of fused-ring (bicyclic) bond motifs is 9. The zero-order chi connectivity index (χ0) is 46.8. The minimum absolute atomic E-state index is 0.0385. The Morgan fingerprint density at radius 2 is 0.906 bits per heavy atom. The zero-order valence-electron chi connectivity index (χ0n) is 37.5. The highest BCUT2D eigenvalue weighted by molar-refractivity contribution is 7.87. The molecule has 368 valence electrons. The number of carbonyl (C=O) groups excluding carboxylic acids is 1. The van der Waals surface area contributed by atoms with Gasteiger partial charge in [-0.05, 0) is 188 Å². The van der Waals surface area contributed by atoms with Crippen molar-refractivity contribution < 1.29 is 70.4 Å². The third-order valence-corrected chi connectivity index (χ3v) is 21.5. The molecule has 0 unspecified atom stereocenters. The monoisotopic (exact) mass is 952 g/mol. The number of hydrogen-bond acceptors (Lipinski definition) is 5. The van der Waals surface area contributed by atoms with E-state index in [1.165, 1.54) is 25.7 Å². The highest BCUT2D eigenvalue weighted by Gasteiger charge is 2.87. The highest BCUT2D eigenvalue weighted by Crippen LogP contribution is 2.79. The van der Waals surface area contributed by atoms with Gasteiger partial charge in [-0.1, -0.05) is 39.5 Å². The average molecular weight is 953 g/mol.